The van der Waals surface area contributed by atoms with Gasteiger partial charge in [0.05, 0.1) is 10.9 Å². The molecule has 1 aromatic carbocycles. The lowest BCUT2D eigenvalue weighted by Gasteiger charge is -2.32. The molecule has 0 bridgehead atoms. The molecule has 0 spiro atoms. The standard InChI is InChI=1S/C24H28FN5O3/c1-4-30-23(32)18-6-5-16(20(25)21(18)28-24(30)33)13-29-11-9-15(10-12-29)17-7-8-19(22(31)26-3)27-14(17)2/h5-8,15H,4,9-13H2,1-3H3,(H,26,31)(H,28,33). The van der Waals surface area contributed by atoms with E-state index in [1.54, 1.807) is 32.2 Å². The van der Waals surface area contributed by atoms with Crippen LogP contribution in [0.15, 0.2) is 33.9 Å². The first-order chi connectivity index (χ1) is 15.8. The van der Waals surface area contributed by atoms with Crippen LogP contribution in [0, 0.1) is 12.7 Å². The minimum absolute atomic E-state index is 0.0278. The van der Waals surface area contributed by atoms with E-state index in [2.05, 4.69) is 20.2 Å². The number of hydrogen-bond acceptors (Lipinski definition) is 5. The largest absolute Gasteiger partial charge is 0.354 e. The maximum absolute atomic E-state index is 15.2. The lowest BCUT2D eigenvalue weighted by atomic mass is 9.88. The third-order valence-electron chi connectivity index (χ3n) is 6.50. The fourth-order valence-corrected chi connectivity index (χ4v) is 4.64. The number of halogens is 1. The highest BCUT2D eigenvalue weighted by atomic mass is 19.1. The Labute approximate surface area is 190 Å². The number of fused-ring (bicyclic) bond motifs is 1. The van der Waals surface area contributed by atoms with E-state index in [1.807, 2.05) is 13.0 Å². The first-order valence-electron chi connectivity index (χ1n) is 11.2. The lowest BCUT2D eigenvalue weighted by molar-refractivity contribution is 0.0958. The van der Waals surface area contributed by atoms with E-state index < -0.39 is 17.1 Å². The number of pyridine rings is 1. The maximum atomic E-state index is 15.2. The average Bonchev–Trinajstić information content (AvgIpc) is 2.81. The number of aryl methyl sites for hydroxylation is 1. The number of likely N-dealkylation sites (tertiary alicyclic amines) is 1. The molecule has 9 heteroatoms. The van der Waals surface area contributed by atoms with Crippen LogP contribution >= 0.6 is 0 Å². The summed E-state index contributed by atoms with van der Waals surface area (Å²) in [5, 5.41) is 2.77. The van der Waals surface area contributed by atoms with Crippen molar-refractivity contribution < 1.29 is 9.18 Å². The Morgan fingerprint density at radius 3 is 2.58 bits per heavy atom. The van der Waals surface area contributed by atoms with Crippen LogP contribution < -0.4 is 16.6 Å². The SMILES string of the molecule is CCn1c(=O)[nH]c2c(F)c(CN3CCC(c4ccc(C(=O)NC)nc4C)CC3)ccc2c1=O. The average molecular weight is 454 g/mol. The summed E-state index contributed by atoms with van der Waals surface area (Å²) in [5.74, 6) is -0.415. The van der Waals surface area contributed by atoms with Gasteiger partial charge >= 0.3 is 5.69 Å². The smallest absolute Gasteiger partial charge is 0.328 e. The Bertz CT molecular complexity index is 1320. The quantitative estimate of drug-likeness (QED) is 0.618. The predicted octanol–water partition coefficient (Wildman–Crippen LogP) is 2.29. The van der Waals surface area contributed by atoms with E-state index in [4.69, 9.17) is 0 Å². The summed E-state index contributed by atoms with van der Waals surface area (Å²) >= 11 is 0. The van der Waals surface area contributed by atoms with Crippen molar-refractivity contribution in [2.24, 2.45) is 0 Å². The minimum atomic E-state index is -0.599. The second-order valence-corrected chi connectivity index (χ2v) is 8.44. The summed E-state index contributed by atoms with van der Waals surface area (Å²) in [7, 11) is 1.58. The number of benzene rings is 1. The molecule has 3 aromatic rings. The fourth-order valence-electron chi connectivity index (χ4n) is 4.64. The summed E-state index contributed by atoms with van der Waals surface area (Å²) in [5.41, 5.74) is 1.76. The Kier molecular flexibility index (Phi) is 6.42. The molecule has 8 nitrogen and oxygen atoms in total. The van der Waals surface area contributed by atoms with Crippen molar-refractivity contribution in [3.05, 3.63) is 73.4 Å². The number of aromatic amines is 1. The molecule has 0 radical (unpaired) electrons. The maximum Gasteiger partial charge on any atom is 0.328 e. The van der Waals surface area contributed by atoms with Gasteiger partial charge in [0.1, 0.15) is 5.69 Å². The van der Waals surface area contributed by atoms with Crippen molar-refractivity contribution in [2.75, 3.05) is 20.1 Å². The zero-order valence-corrected chi connectivity index (χ0v) is 19.1. The van der Waals surface area contributed by atoms with Gasteiger partial charge in [-0.25, -0.2) is 14.2 Å². The van der Waals surface area contributed by atoms with E-state index >= 15 is 4.39 Å². The van der Waals surface area contributed by atoms with Crippen LogP contribution in [0.5, 0.6) is 0 Å². The van der Waals surface area contributed by atoms with Gasteiger partial charge in [0.25, 0.3) is 11.5 Å². The minimum Gasteiger partial charge on any atom is -0.354 e. The van der Waals surface area contributed by atoms with Crippen molar-refractivity contribution in [1.29, 1.82) is 0 Å². The second-order valence-electron chi connectivity index (χ2n) is 8.44. The van der Waals surface area contributed by atoms with Crippen molar-refractivity contribution in [1.82, 2.24) is 24.8 Å². The molecule has 1 saturated heterocycles. The number of carbonyl (C=O) groups is 1. The molecular weight excluding hydrogens is 425 g/mol. The first-order valence-corrected chi connectivity index (χ1v) is 11.2. The fraction of sp³-hybridized carbons (Fsp3) is 0.417. The molecule has 4 rings (SSSR count). The molecule has 0 aliphatic carbocycles. The molecule has 1 amide bonds. The molecular formula is C24H28FN5O3. The predicted molar refractivity (Wildman–Crippen MR) is 124 cm³/mol. The number of amides is 1. The summed E-state index contributed by atoms with van der Waals surface area (Å²) in [4.78, 5) is 45.5. The highest BCUT2D eigenvalue weighted by molar-refractivity contribution is 5.92. The van der Waals surface area contributed by atoms with E-state index in [-0.39, 0.29) is 23.4 Å². The third-order valence-corrected chi connectivity index (χ3v) is 6.50. The summed E-state index contributed by atoms with van der Waals surface area (Å²) in [6.07, 6.45) is 1.80. The van der Waals surface area contributed by atoms with Gasteiger partial charge < -0.3 is 10.3 Å². The van der Waals surface area contributed by atoms with E-state index in [9.17, 15) is 14.4 Å². The molecule has 0 atom stereocenters. The van der Waals surface area contributed by atoms with Gasteiger partial charge in [-0.3, -0.25) is 19.1 Å². The molecule has 2 N–H and O–H groups in total. The second kappa shape index (κ2) is 9.27. The summed E-state index contributed by atoms with van der Waals surface area (Å²) in [6.45, 7) is 5.82. The highest BCUT2D eigenvalue weighted by Crippen LogP contribution is 2.31. The van der Waals surface area contributed by atoms with Gasteiger partial charge in [0, 0.05) is 31.4 Å². The van der Waals surface area contributed by atoms with Gasteiger partial charge in [-0.1, -0.05) is 12.1 Å². The zero-order chi connectivity index (χ0) is 23.7. The number of nitrogens with one attached hydrogen (secondary N) is 2. The Hall–Kier alpha value is -3.33. The number of carbonyl (C=O) groups excluding carboxylic acids is 1. The molecule has 2 aromatic heterocycles. The Morgan fingerprint density at radius 1 is 1.21 bits per heavy atom. The lowest BCUT2D eigenvalue weighted by Crippen LogP contribution is -2.35. The molecule has 174 valence electrons. The molecule has 1 aliphatic heterocycles. The van der Waals surface area contributed by atoms with Crippen LogP contribution in [0.4, 0.5) is 4.39 Å². The van der Waals surface area contributed by atoms with Crippen molar-refractivity contribution in [3.8, 4) is 0 Å². The molecule has 0 saturated carbocycles. The Balaban J connectivity index is 1.48. The molecule has 33 heavy (non-hydrogen) atoms. The van der Waals surface area contributed by atoms with Crippen LogP contribution in [0.2, 0.25) is 0 Å². The number of rotatable bonds is 5. The van der Waals surface area contributed by atoms with Crippen LogP contribution in [-0.2, 0) is 13.1 Å². The number of hydrogen-bond donors (Lipinski definition) is 2. The number of H-pyrrole nitrogens is 1. The summed E-state index contributed by atoms with van der Waals surface area (Å²) < 4.78 is 16.2. The first kappa shape index (κ1) is 22.8. The van der Waals surface area contributed by atoms with E-state index in [0.29, 0.717) is 23.7 Å². The summed E-state index contributed by atoms with van der Waals surface area (Å²) in [6, 6.07) is 6.96. The molecule has 3 heterocycles. The zero-order valence-electron chi connectivity index (χ0n) is 19.1. The van der Waals surface area contributed by atoms with Gasteiger partial charge in [0.15, 0.2) is 5.82 Å². The molecule has 1 fully saturated rings. The monoisotopic (exact) mass is 453 g/mol. The van der Waals surface area contributed by atoms with Crippen molar-refractivity contribution >= 4 is 16.8 Å². The van der Waals surface area contributed by atoms with Crippen LogP contribution in [0.3, 0.4) is 0 Å². The van der Waals surface area contributed by atoms with Gasteiger partial charge in [-0.15, -0.1) is 0 Å². The number of nitrogens with zero attached hydrogens (tertiary/aromatic N) is 3. The number of aromatic nitrogens is 3. The third kappa shape index (κ3) is 4.32. The van der Waals surface area contributed by atoms with Gasteiger partial charge in [-0.05, 0) is 63.4 Å². The van der Waals surface area contributed by atoms with Gasteiger partial charge in [0.2, 0.25) is 0 Å². The van der Waals surface area contributed by atoms with E-state index in [0.717, 1.165) is 41.8 Å². The topological polar surface area (TPSA) is 100 Å². The van der Waals surface area contributed by atoms with Gasteiger partial charge in [-0.2, -0.15) is 0 Å². The van der Waals surface area contributed by atoms with Crippen molar-refractivity contribution in [2.45, 2.75) is 45.7 Å². The van der Waals surface area contributed by atoms with E-state index in [1.165, 1.54) is 0 Å². The highest BCUT2D eigenvalue weighted by Gasteiger charge is 2.24. The Morgan fingerprint density at radius 2 is 1.94 bits per heavy atom. The van der Waals surface area contributed by atoms with Crippen LogP contribution in [0.25, 0.3) is 10.9 Å². The van der Waals surface area contributed by atoms with Crippen molar-refractivity contribution in [3.63, 3.8) is 0 Å². The molecule has 1 aliphatic rings. The number of piperidine rings is 1. The van der Waals surface area contributed by atoms with Crippen LogP contribution in [0.1, 0.15) is 53.0 Å². The molecule has 0 unspecified atom stereocenters. The van der Waals surface area contributed by atoms with Crippen LogP contribution in [-0.4, -0.2) is 45.5 Å². The normalized spacial score (nSPS) is 15.2.